The summed E-state index contributed by atoms with van der Waals surface area (Å²) in [5.74, 6) is -2.59. The maximum absolute atomic E-state index is 10.8. The van der Waals surface area contributed by atoms with E-state index in [1.165, 1.54) is 13.2 Å². The van der Waals surface area contributed by atoms with Crippen LogP contribution in [0.5, 0.6) is 0 Å². The number of hydrogen-bond donors (Lipinski definition) is 2. The molecule has 0 fully saturated rings. The van der Waals surface area contributed by atoms with Crippen molar-refractivity contribution in [2.24, 2.45) is 0 Å². The number of esters is 3. The minimum atomic E-state index is -1.17. The molecule has 0 aliphatic carbocycles. The molecule has 164 valence electrons. The topological polar surface area (TPSA) is 136 Å². The van der Waals surface area contributed by atoms with Crippen molar-refractivity contribution in [3.63, 3.8) is 0 Å². The van der Waals surface area contributed by atoms with Gasteiger partial charge in [-0.05, 0) is 19.4 Å². The number of carboxylic acid groups (broad SMARTS) is 1. The Hall–Kier alpha value is -3.20. The molecule has 0 unspecified atom stereocenters. The summed E-state index contributed by atoms with van der Waals surface area (Å²) in [5.41, 5.74) is 0.360. The number of aliphatic hydroxyl groups excluding tert-OH is 1. The molecule has 29 heavy (non-hydrogen) atoms. The van der Waals surface area contributed by atoms with Gasteiger partial charge >= 0.3 is 23.9 Å². The van der Waals surface area contributed by atoms with Crippen molar-refractivity contribution in [2.45, 2.75) is 26.7 Å². The van der Waals surface area contributed by atoms with Gasteiger partial charge in [0.25, 0.3) is 0 Å². The van der Waals surface area contributed by atoms with E-state index in [1.54, 1.807) is 6.92 Å². The van der Waals surface area contributed by atoms with Crippen LogP contribution in [0.4, 0.5) is 0 Å². The van der Waals surface area contributed by atoms with Crippen LogP contribution in [0.25, 0.3) is 0 Å². The Bertz CT molecular complexity index is 589. The fraction of sp³-hybridized carbons (Fsp3) is 0.400. The molecule has 0 saturated carbocycles. The third-order valence-corrected chi connectivity index (χ3v) is 2.46. The Morgan fingerprint density at radius 1 is 1.00 bits per heavy atom. The van der Waals surface area contributed by atoms with E-state index in [9.17, 15) is 19.2 Å². The minimum Gasteiger partial charge on any atom is -0.478 e. The number of aliphatic hydroxyl groups is 1. The van der Waals surface area contributed by atoms with Gasteiger partial charge in [0.05, 0.1) is 25.9 Å². The summed E-state index contributed by atoms with van der Waals surface area (Å²) >= 11 is 0. The standard InChI is InChI=1S/C8H10O5.C7H12O2.C5H8O2/c1-6(2-3-7(10)11)8(12)13-5-4-9;1-3-5-6-9-7(8)4-2;1-4(2)5(6)7-3/h2-3,9H,1,4-5H2,(H,10,11);4H,2-3,5-6H2,1H3;1H2,2-3H3. The second-order valence-corrected chi connectivity index (χ2v) is 5.05. The normalized spacial score (nSPS) is 8.97. The molecule has 0 bridgehead atoms. The Balaban J connectivity index is -0.000000370. The Morgan fingerprint density at radius 3 is 1.93 bits per heavy atom. The average Bonchev–Trinajstić information content (AvgIpc) is 2.70. The van der Waals surface area contributed by atoms with E-state index in [0.29, 0.717) is 12.2 Å². The molecule has 0 amide bonds. The van der Waals surface area contributed by atoms with Gasteiger partial charge in [-0.15, -0.1) is 0 Å². The first-order chi connectivity index (χ1) is 13.6. The van der Waals surface area contributed by atoms with Crippen LogP contribution in [0.1, 0.15) is 26.7 Å². The van der Waals surface area contributed by atoms with Gasteiger partial charge in [-0.2, -0.15) is 0 Å². The minimum absolute atomic E-state index is 0.0733. The molecule has 0 aromatic rings. The van der Waals surface area contributed by atoms with E-state index in [0.717, 1.165) is 25.0 Å². The van der Waals surface area contributed by atoms with Crippen LogP contribution in [0.3, 0.4) is 0 Å². The fourth-order valence-electron chi connectivity index (χ4n) is 1.02. The lowest BCUT2D eigenvalue weighted by atomic mass is 10.3. The molecule has 0 aliphatic heterocycles. The summed E-state index contributed by atoms with van der Waals surface area (Å²) < 4.78 is 13.4. The maximum atomic E-state index is 10.8. The van der Waals surface area contributed by atoms with E-state index >= 15 is 0 Å². The molecule has 0 heterocycles. The molecule has 0 atom stereocenters. The van der Waals surface area contributed by atoms with Crippen LogP contribution in [0, 0.1) is 0 Å². The summed E-state index contributed by atoms with van der Waals surface area (Å²) in [6.07, 6.45) is 4.96. The van der Waals surface area contributed by atoms with Crippen molar-refractivity contribution in [1.29, 1.82) is 0 Å². The highest BCUT2D eigenvalue weighted by Gasteiger charge is 2.04. The van der Waals surface area contributed by atoms with Gasteiger partial charge in [-0.25, -0.2) is 19.2 Å². The highest BCUT2D eigenvalue weighted by Crippen LogP contribution is 1.96. The number of aliphatic carboxylic acids is 1. The average molecular weight is 414 g/mol. The number of carboxylic acids is 1. The van der Waals surface area contributed by atoms with Crippen molar-refractivity contribution in [1.82, 2.24) is 0 Å². The van der Waals surface area contributed by atoms with Gasteiger partial charge in [-0.3, -0.25) is 0 Å². The second kappa shape index (κ2) is 21.1. The first-order valence-corrected chi connectivity index (χ1v) is 8.48. The van der Waals surface area contributed by atoms with Crippen molar-refractivity contribution in [3.05, 3.63) is 49.1 Å². The van der Waals surface area contributed by atoms with Crippen molar-refractivity contribution in [3.8, 4) is 0 Å². The van der Waals surface area contributed by atoms with Crippen molar-refractivity contribution in [2.75, 3.05) is 26.9 Å². The Labute approximate surface area is 171 Å². The summed E-state index contributed by atoms with van der Waals surface area (Å²) in [4.78, 5) is 41.4. The monoisotopic (exact) mass is 414 g/mol. The van der Waals surface area contributed by atoms with Crippen LogP contribution >= 0.6 is 0 Å². The SMILES string of the molecule is C=C(C)C(=O)OC.C=C(C=CC(=O)O)C(=O)OCCO.C=CC(=O)OCCCC. The first-order valence-electron chi connectivity index (χ1n) is 8.48. The fourth-order valence-corrected chi connectivity index (χ4v) is 1.02. The molecule has 0 rings (SSSR count). The lowest BCUT2D eigenvalue weighted by Gasteiger charge is -2.00. The number of methoxy groups -OCH3 is 1. The molecule has 0 aromatic carbocycles. The number of rotatable bonds is 10. The smallest absolute Gasteiger partial charge is 0.337 e. The van der Waals surface area contributed by atoms with Gasteiger partial charge in [0, 0.05) is 17.7 Å². The van der Waals surface area contributed by atoms with Crippen molar-refractivity contribution >= 4 is 23.9 Å². The largest absolute Gasteiger partial charge is 0.478 e. The third-order valence-electron chi connectivity index (χ3n) is 2.46. The molecule has 0 aromatic heterocycles. The molecule has 0 radical (unpaired) electrons. The molecule has 0 spiro atoms. The summed E-state index contributed by atoms with van der Waals surface area (Å²) in [6, 6.07) is 0. The lowest BCUT2D eigenvalue weighted by molar-refractivity contribution is -0.139. The zero-order valence-electron chi connectivity index (χ0n) is 17.1. The Morgan fingerprint density at radius 2 is 1.59 bits per heavy atom. The predicted octanol–water partition coefficient (Wildman–Crippen LogP) is 1.97. The van der Waals surface area contributed by atoms with E-state index in [2.05, 4.69) is 33.9 Å². The first kappa shape index (κ1) is 30.5. The van der Waals surface area contributed by atoms with Gasteiger partial charge in [-0.1, -0.05) is 33.1 Å². The molecule has 2 N–H and O–H groups in total. The third kappa shape index (κ3) is 24.8. The van der Waals surface area contributed by atoms with Crippen molar-refractivity contribution < 1.29 is 43.6 Å². The number of carbonyl (C=O) groups excluding carboxylic acids is 3. The number of carbonyl (C=O) groups is 4. The van der Waals surface area contributed by atoms with Gasteiger partial charge in [0.15, 0.2) is 0 Å². The second-order valence-electron chi connectivity index (χ2n) is 5.05. The highest BCUT2D eigenvalue weighted by molar-refractivity contribution is 5.93. The van der Waals surface area contributed by atoms with Crippen LogP contribution in [-0.2, 0) is 33.4 Å². The number of ether oxygens (including phenoxy) is 3. The molecular formula is C20H30O9. The maximum Gasteiger partial charge on any atom is 0.337 e. The van der Waals surface area contributed by atoms with Crippen LogP contribution in [-0.4, -0.2) is 61.0 Å². The van der Waals surface area contributed by atoms with Crippen LogP contribution in [0.2, 0.25) is 0 Å². The van der Waals surface area contributed by atoms with E-state index in [1.807, 2.05) is 6.92 Å². The van der Waals surface area contributed by atoms with E-state index < -0.39 is 11.9 Å². The zero-order valence-corrected chi connectivity index (χ0v) is 17.1. The number of hydrogen-bond acceptors (Lipinski definition) is 8. The summed E-state index contributed by atoms with van der Waals surface area (Å²) in [5, 5.41) is 16.5. The van der Waals surface area contributed by atoms with Crippen LogP contribution < -0.4 is 0 Å². The van der Waals surface area contributed by atoms with Gasteiger partial charge in [0.2, 0.25) is 0 Å². The van der Waals surface area contributed by atoms with Crippen LogP contribution in [0.15, 0.2) is 49.1 Å². The zero-order chi connectivity index (χ0) is 23.2. The van der Waals surface area contributed by atoms with Gasteiger partial charge < -0.3 is 24.4 Å². The predicted molar refractivity (Wildman–Crippen MR) is 107 cm³/mol. The summed E-state index contributed by atoms with van der Waals surface area (Å²) in [7, 11) is 1.33. The summed E-state index contributed by atoms with van der Waals surface area (Å²) in [6.45, 7) is 13.6. The van der Waals surface area contributed by atoms with E-state index in [4.69, 9.17) is 10.2 Å². The quantitative estimate of drug-likeness (QED) is 0.181. The molecule has 0 saturated heterocycles. The molecule has 0 aliphatic rings. The number of unbranched alkanes of at least 4 members (excludes halogenated alkanes) is 1. The Kier molecular flexibility index (Phi) is 22.2. The van der Waals surface area contributed by atoms with Gasteiger partial charge in [0.1, 0.15) is 6.61 Å². The van der Waals surface area contributed by atoms with E-state index in [-0.39, 0.29) is 30.7 Å². The highest BCUT2D eigenvalue weighted by atomic mass is 16.5. The molecule has 9 heteroatoms. The lowest BCUT2D eigenvalue weighted by Crippen LogP contribution is -2.09. The molecule has 9 nitrogen and oxygen atoms in total. The molecular weight excluding hydrogens is 384 g/mol.